The number of hydrogen-bond donors (Lipinski definition) is 0. The van der Waals surface area contributed by atoms with Gasteiger partial charge in [0.15, 0.2) is 12.4 Å². The van der Waals surface area contributed by atoms with E-state index in [1.165, 1.54) is 0 Å². The number of Topliss-reactive ketones (excluding diaryl/α,β-unsaturated/α-hetero) is 1. The second-order valence-electron chi connectivity index (χ2n) is 7.88. The first-order valence-electron chi connectivity index (χ1n) is 10.7. The third-order valence-corrected chi connectivity index (χ3v) is 5.99. The Morgan fingerprint density at radius 3 is 2.64 bits per heavy atom. The largest absolute Gasteiger partial charge is 0.465 e. The zero-order chi connectivity index (χ0) is 22.8. The third-order valence-electron chi connectivity index (χ3n) is 5.73. The summed E-state index contributed by atoms with van der Waals surface area (Å²) < 4.78 is 11.0. The molecule has 4 aromatic rings. The lowest BCUT2D eigenvalue weighted by atomic mass is 9.86. The molecule has 0 bridgehead atoms. The molecule has 1 aliphatic carbocycles. The Hall–Kier alpha value is -3.70. The van der Waals surface area contributed by atoms with Crippen LogP contribution in [0.1, 0.15) is 50.6 Å². The number of furan rings is 1. The first-order valence-corrected chi connectivity index (χ1v) is 11.1. The predicted molar refractivity (Wildman–Crippen MR) is 127 cm³/mol. The van der Waals surface area contributed by atoms with Crippen molar-refractivity contribution in [2.45, 2.75) is 19.3 Å². The Morgan fingerprint density at radius 1 is 1.03 bits per heavy atom. The monoisotopic (exact) mass is 457 g/mol. The maximum atomic E-state index is 13.3. The number of halogens is 1. The van der Waals surface area contributed by atoms with Gasteiger partial charge in [-0.25, -0.2) is 9.78 Å². The highest BCUT2D eigenvalue weighted by molar-refractivity contribution is 6.30. The molecule has 5 rings (SSSR count). The molecule has 6 heteroatoms. The van der Waals surface area contributed by atoms with Crippen molar-refractivity contribution >= 4 is 45.9 Å². The van der Waals surface area contributed by atoms with Crippen LogP contribution in [0.2, 0.25) is 5.02 Å². The Labute approximate surface area is 195 Å². The molecule has 0 aliphatic heterocycles. The summed E-state index contributed by atoms with van der Waals surface area (Å²) in [6.07, 6.45) is 6.02. The molecule has 5 nitrogen and oxygen atoms in total. The summed E-state index contributed by atoms with van der Waals surface area (Å²) in [7, 11) is 0. The summed E-state index contributed by atoms with van der Waals surface area (Å²) in [5.74, 6) is -0.0671. The zero-order valence-electron chi connectivity index (χ0n) is 17.7. The fourth-order valence-corrected chi connectivity index (χ4v) is 4.30. The van der Waals surface area contributed by atoms with Gasteiger partial charge in [0.05, 0.1) is 23.0 Å². The average molecular weight is 458 g/mol. The number of rotatable bonds is 5. The van der Waals surface area contributed by atoms with E-state index in [9.17, 15) is 9.59 Å². The van der Waals surface area contributed by atoms with E-state index in [1.54, 1.807) is 30.5 Å². The van der Waals surface area contributed by atoms with E-state index in [0.29, 0.717) is 28.1 Å². The number of hydrogen-bond acceptors (Lipinski definition) is 5. The second kappa shape index (κ2) is 9.04. The second-order valence-corrected chi connectivity index (χ2v) is 8.31. The highest BCUT2D eigenvalue weighted by Gasteiger charge is 2.26. The molecule has 0 N–H and O–H groups in total. The predicted octanol–water partition coefficient (Wildman–Crippen LogP) is 6.40. The summed E-state index contributed by atoms with van der Waals surface area (Å²) in [5, 5.41) is 1.26. The van der Waals surface area contributed by atoms with E-state index in [2.05, 4.69) is 0 Å². The van der Waals surface area contributed by atoms with Crippen LogP contribution in [-0.4, -0.2) is 23.3 Å². The molecule has 0 unspecified atom stereocenters. The van der Waals surface area contributed by atoms with Crippen LogP contribution in [0, 0.1) is 0 Å². The molecule has 0 radical (unpaired) electrons. The van der Waals surface area contributed by atoms with E-state index in [4.69, 9.17) is 25.7 Å². The first-order chi connectivity index (χ1) is 16.1. The van der Waals surface area contributed by atoms with Crippen LogP contribution in [0.3, 0.4) is 0 Å². The summed E-state index contributed by atoms with van der Waals surface area (Å²) in [6, 6.07) is 17.7. The van der Waals surface area contributed by atoms with E-state index >= 15 is 0 Å². The summed E-state index contributed by atoms with van der Waals surface area (Å²) in [4.78, 5) is 30.7. The smallest absolute Gasteiger partial charge is 0.339 e. The van der Waals surface area contributed by atoms with E-state index < -0.39 is 5.97 Å². The standard InChI is InChI=1S/C27H20ClNO4/c28-19-12-10-17(11-13-19)24(30)16-33-27(31)25-21-7-1-2-9-23(21)29-26-18(5-3-8-22(25)26)15-20-6-4-14-32-20/h1-2,4,6-7,9-15H,3,5,8,16H2. The van der Waals surface area contributed by atoms with Gasteiger partial charge < -0.3 is 9.15 Å². The molecular formula is C27H20ClNO4. The molecule has 0 saturated heterocycles. The van der Waals surface area contributed by atoms with Crippen LogP contribution in [0.5, 0.6) is 0 Å². The van der Waals surface area contributed by atoms with Gasteiger partial charge in [-0.05, 0) is 78.9 Å². The van der Waals surface area contributed by atoms with Crippen molar-refractivity contribution in [1.82, 2.24) is 4.98 Å². The fourth-order valence-electron chi connectivity index (χ4n) is 4.18. The fraction of sp³-hybridized carbons (Fsp3) is 0.148. The molecule has 2 aromatic heterocycles. The lowest BCUT2D eigenvalue weighted by molar-refractivity contribution is 0.0475. The van der Waals surface area contributed by atoms with Crippen molar-refractivity contribution in [2.24, 2.45) is 0 Å². The molecular weight excluding hydrogens is 438 g/mol. The molecule has 0 saturated carbocycles. The lowest BCUT2D eigenvalue weighted by Crippen LogP contribution is -2.18. The van der Waals surface area contributed by atoms with Gasteiger partial charge in [-0.1, -0.05) is 29.8 Å². The van der Waals surface area contributed by atoms with Gasteiger partial charge in [0.25, 0.3) is 0 Å². The molecule has 33 heavy (non-hydrogen) atoms. The van der Waals surface area contributed by atoms with E-state index in [0.717, 1.165) is 40.8 Å². The molecule has 0 spiro atoms. The minimum Gasteiger partial charge on any atom is -0.465 e. The number of carbonyl (C=O) groups is 2. The molecule has 0 amide bonds. The minimum absolute atomic E-state index is 0.286. The molecule has 2 heterocycles. The highest BCUT2D eigenvalue weighted by atomic mass is 35.5. The van der Waals surface area contributed by atoms with Gasteiger partial charge in [-0.3, -0.25) is 4.79 Å². The number of ketones is 1. The number of nitrogens with zero attached hydrogens (tertiary/aromatic N) is 1. The first kappa shape index (κ1) is 21.2. The molecule has 164 valence electrons. The number of esters is 1. The number of aromatic nitrogens is 1. The maximum absolute atomic E-state index is 13.3. The van der Waals surface area contributed by atoms with Crippen molar-refractivity contribution in [1.29, 1.82) is 0 Å². The average Bonchev–Trinajstić information content (AvgIpc) is 3.35. The van der Waals surface area contributed by atoms with Crippen molar-refractivity contribution in [2.75, 3.05) is 6.61 Å². The summed E-state index contributed by atoms with van der Waals surface area (Å²) in [5.41, 5.74) is 4.28. The van der Waals surface area contributed by atoms with Crippen LogP contribution in [0.25, 0.3) is 22.6 Å². The van der Waals surface area contributed by atoms with Gasteiger partial charge in [0, 0.05) is 16.0 Å². The molecule has 2 aromatic carbocycles. The Kier molecular flexibility index (Phi) is 5.80. The molecule has 0 fully saturated rings. The van der Waals surface area contributed by atoms with Gasteiger partial charge >= 0.3 is 5.97 Å². The number of carbonyl (C=O) groups excluding carboxylic acids is 2. The Balaban J connectivity index is 1.51. The van der Waals surface area contributed by atoms with Crippen molar-refractivity contribution < 1.29 is 18.7 Å². The Morgan fingerprint density at radius 2 is 1.85 bits per heavy atom. The maximum Gasteiger partial charge on any atom is 0.339 e. The molecule has 1 aliphatic rings. The van der Waals surface area contributed by atoms with Crippen LogP contribution < -0.4 is 0 Å². The van der Waals surface area contributed by atoms with Crippen molar-refractivity contribution in [3.8, 4) is 0 Å². The number of ether oxygens (including phenoxy) is 1. The lowest BCUT2D eigenvalue weighted by Gasteiger charge is -2.22. The van der Waals surface area contributed by atoms with E-state index in [-0.39, 0.29) is 12.4 Å². The SMILES string of the molecule is O=C(COC(=O)c1c2c(nc3ccccc13)C(=Cc1ccco1)CCC2)c1ccc(Cl)cc1. The number of allylic oxidation sites excluding steroid dienone is 1. The quantitative estimate of drug-likeness (QED) is 0.256. The van der Waals surface area contributed by atoms with Gasteiger partial charge in [-0.15, -0.1) is 0 Å². The van der Waals surface area contributed by atoms with Crippen LogP contribution in [0.15, 0.2) is 71.3 Å². The van der Waals surface area contributed by atoms with Crippen molar-refractivity contribution in [3.63, 3.8) is 0 Å². The van der Waals surface area contributed by atoms with Crippen molar-refractivity contribution in [3.05, 3.63) is 100 Å². The van der Waals surface area contributed by atoms with Gasteiger partial charge in [0.1, 0.15) is 5.76 Å². The topological polar surface area (TPSA) is 69.4 Å². The van der Waals surface area contributed by atoms with Crippen LogP contribution in [-0.2, 0) is 11.2 Å². The van der Waals surface area contributed by atoms with Crippen LogP contribution in [0.4, 0.5) is 0 Å². The highest BCUT2D eigenvalue weighted by Crippen LogP contribution is 2.36. The normalized spacial score (nSPS) is 14.3. The number of benzene rings is 2. The Bertz CT molecular complexity index is 1370. The number of pyridine rings is 1. The van der Waals surface area contributed by atoms with Gasteiger partial charge in [-0.2, -0.15) is 0 Å². The molecule has 0 atom stereocenters. The summed E-state index contributed by atoms with van der Waals surface area (Å²) in [6.45, 7) is -0.346. The van der Waals surface area contributed by atoms with Gasteiger partial charge in [0.2, 0.25) is 0 Å². The van der Waals surface area contributed by atoms with Crippen LogP contribution >= 0.6 is 11.6 Å². The third kappa shape index (κ3) is 4.32. The zero-order valence-corrected chi connectivity index (χ0v) is 18.5. The van der Waals surface area contributed by atoms with E-state index in [1.807, 2.05) is 42.5 Å². The summed E-state index contributed by atoms with van der Waals surface area (Å²) >= 11 is 5.89. The number of fused-ring (bicyclic) bond motifs is 2. The number of para-hydroxylation sites is 1. The minimum atomic E-state index is -0.522.